The predicted octanol–water partition coefficient (Wildman–Crippen LogP) is 2.19. The van der Waals surface area contributed by atoms with Crippen molar-refractivity contribution >= 4 is 22.4 Å². The van der Waals surface area contributed by atoms with Gasteiger partial charge in [0.15, 0.2) is 0 Å². The average Bonchev–Trinajstić information content (AvgIpc) is 2.69. The number of hydrogen-bond acceptors (Lipinski definition) is 3. The molecule has 1 saturated carbocycles. The molecule has 2 N–H and O–H groups in total. The van der Waals surface area contributed by atoms with Crippen molar-refractivity contribution in [1.82, 2.24) is 10.0 Å². The monoisotopic (exact) mass is 322 g/mol. The number of nitrogens with one attached hydrogen (secondary N) is 2. The van der Waals surface area contributed by atoms with Crippen LogP contribution in [0.5, 0.6) is 0 Å². The van der Waals surface area contributed by atoms with E-state index in [0.29, 0.717) is 23.8 Å². The number of piperidine rings is 1. The molecule has 0 spiro atoms. The van der Waals surface area contributed by atoms with Gasteiger partial charge >= 0.3 is 0 Å². The number of fused-ring (bicyclic) bond motifs is 2. The largest absolute Gasteiger partial charge is 0.311 e. The van der Waals surface area contributed by atoms with Crippen LogP contribution < -0.4 is 10.0 Å². The molecule has 2 saturated heterocycles. The smallest absolute Gasteiger partial charge is 0.212 e. The Bertz CT molecular complexity index is 397. The fourth-order valence-electron chi connectivity index (χ4n) is 4.12. The maximum atomic E-state index is 12.3. The van der Waals surface area contributed by atoms with Gasteiger partial charge in [-0.05, 0) is 44.4 Å². The first-order valence-corrected chi connectivity index (χ1v) is 9.52. The first kappa shape index (κ1) is 16.5. The maximum Gasteiger partial charge on any atom is 0.212 e. The molecule has 2 unspecified atom stereocenters. The summed E-state index contributed by atoms with van der Waals surface area (Å²) in [7, 11) is -3.08. The lowest BCUT2D eigenvalue weighted by atomic mass is 9.91. The van der Waals surface area contributed by atoms with Gasteiger partial charge in [-0.3, -0.25) is 0 Å². The van der Waals surface area contributed by atoms with Crippen LogP contribution in [0.25, 0.3) is 0 Å². The van der Waals surface area contributed by atoms with E-state index in [9.17, 15) is 8.42 Å². The van der Waals surface area contributed by atoms with Gasteiger partial charge in [0.05, 0.1) is 5.75 Å². The molecule has 118 valence electrons. The Morgan fingerprint density at radius 2 is 1.55 bits per heavy atom. The van der Waals surface area contributed by atoms with Crippen molar-refractivity contribution in [2.45, 2.75) is 75.9 Å². The third kappa shape index (κ3) is 4.33. The van der Waals surface area contributed by atoms with Crippen LogP contribution in [0.2, 0.25) is 0 Å². The van der Waals surface area contributed by atoms with Crippen LogP contribution in [-0.4, -0.2) is 32.3 Å². The van der Waals surface area contributed by atoms with Gasteiger partial charge in [-0.25, -0.2) is 13.1 Å². The van der Waals surface area contributed by atoms with E-state index in [1.807, 2.05) is 0 Å². The summed E-state index contributed by atoms with van der Waals surface area (Å²) in [5, 5.41) is 3.55. The van der Waals surface area contributed by atoms with Crippen LogP contribution in [0.15, 0.2) is 0 Å². The first-order chi connectivity index (χ1) is 9.11. The highest BCUT2D eigenvalue weighted by Gasteiger charge is 2.35. The van der Waals surface area contributed by atoms with Crippen molar-refractivity contribution in [3.63, 3.8) is 0 Å². The molecule has 0 aromatic rings. The summed E-state index contributed by atoms with van der Waals surface area (Å²) in [4.78, 5) is 0. The fourth-order valence-corrected chi connectivity index (χ4v) is 5.87. The van der Waals surface area contributed by atoms with E-state index >= 15 is 0 Å². The molecule has 3 aliphatic rings. The second-order valence-electron chi connectivity index (χ2n) is 6.71. The summed E-state index contributed by atoms with van der Waals surface area (Å²) >= 11 is 0. The van der Waals surface area contributed by atoms with Crippen LogP contribution in [0.4, 0.5) is 0 Å². The fraction of sp³-hybridized carbons (Fsp3) is 1.00. The molecule has 1 aliphatic carbocycles. The first-order valence-electron chi connectivity index (χ1n) is 7.87. The minimum absolute atomic E-state index is 0. The molecule has 2 bridgehead atoms. The van der Waals surface area contributed by atoms with Gasteiger partial charge in [0.2, 0.25) is 10.0 Å². The zero-order valence-electron chi connectivity index (χ0n) is 12.0. The van der Waals surface area contributed by atoms with E-state index in [1.165, 1.54) is 32.1 Å². The molecule has 3 fully saturated rings. The molecule has 20 heavy (non-hydrogen) atoms. The third-order valence-electron chi connectivity index (χ3n) is 5.00. The summed E-state index contributed by atoms with van der Waals surface area (Å²) in [6, 6.07) is 1.26. The van der Waals surface area contributed by atoms with Gasteiger partial charge in [0, 0.05) is 18.1 Å². The lowest BCUT2D eigenvalue weighted by Crippen LogP contribution is -2.48. The Morgan fingerprint density at radius 1 is 0.950 bits per heavy atom. The molecule has 0 amide bonds. The molecule has 4 nitrogen and oxygen atoms in total. The summed E-state index contributed by atoms with van der Waals surface area (Å²) in [6.45, 7) is 0. The van der Waals surface area contributed by atoms with Crippen molar-refractivity contribution in [3.8, 4) is 0 Å². The molecule has 2 atom stereocenters. The highest BCUT2D eigenvalue weighted by Crippen LogP contribution is 2.28. The lowest BCUT2D eigenvalue weighted by molar-refractivity contribution is 0.342. The Morgan fingerprint density at radius 3 is 2.15 bits per heavy atom. The van der Waals surface area contributed by atoms with E-state index in [-0.39, 0.29) is 18.4 Å². The van der Waals surface area contributed by atoms with Gasteiger partial charge in [-0.2, -0.15) is 0 Å². The Kier molecular flexibility index (Phi) is 5.74. The quantitative estimate of drug-likeness (QED) is 0.834. The number of sulfonamides is 1. The van der Waals surface area contributed by atoms with Gasteiger partial charge in [-0.15, -0.1) is 12.4 Å². The Balaban J connectivity index is 0.00000147. The molecule has 0 aromatic heterocycles. The average molecular weight is 323 g/mol. The van der Waals surface area contributed by atoms with E-state index < -0.39 is 10.0 Å². The van der Waals surface area contributed by atoms with Gasteiger partial charge < -0.3 is 5.32 Å². The molecule has 6 heteroatoms. The SMILES string of the molecule is Cl.O=S(=O)(CC1CCCCC1)NC1CC2CCC(C1)N2. The van der Waals surface area contributed by atoms with Crippen molar-refractivity contribution in [1.29, 1.82) is 0 Å². The topological polar surface area (TPSA) is 58.2 Å². The third-order valence-corrected chi connectivity index (χ3v) is 6.60. The summed E-state index contributed by atoms with van der Waals surface area (Å²) in [5.74, 6) is 0.747. The Labute approximate surface area is 128 Å². The van der Waals surface area contributed by atoms with Gasteiger partial charge in [0.25, 0.3) is 0 Å². The van der Waals surface area contributed by atoms with Crippen molar-refractivity contribution in [3.05, 3.63) is 0 Å². The molecule has 0 radical (unpaired) electrons. The standard InChI is InChI=1S/C14H26N2O2S.ClH/c17-19(18,10-11-4-2-1-3-5-11)16-14-8-12-6-7-13(9-14)15-12;/h11-16H,1-10H2;1H. The minimum atomic E-state index is -3.08. The molecular weight excluding hydrogens is 296 g/mol. The van der Waals surface area contributed by atoms with Crippen LogP contribution >= 0.6 is 12.4 Å². The number of halogens is 1. The second kappa shape index (κ2) is 6.95. The van der Waals surface area contributed by atoms with Crippen LogP contribution in [-0.2, 0) is 10.0 Å². The van der Waals surface area contributed by atoms with Gasteiger partial charge in [0.1, 0.15) is 0 Å². The normalized spacial score (nSPS) is 34.7. The molecule has 0 aromatic carbocycles. The second-order valence-corrected chi connectivity index (χ2v) is 8.51. The van der Waals surface area contributed by atoms with E-state index in [2.05, 4.69) is 10.0 Å². The number of rotatable bonds is 4. The molecule has 3 rings (SSSR count). The highest BCUT2D eigenvalue weighted by molar-refractivity contribution is 7.89. The predicted molar refractivity (Wildman–Crippen MR) is 83.7 cm³/mol. The van der Waals surface area contributed by atoms with Crippen LogP contribution in [0.3, 0.4) is 0 Å². The van der Waals surface area contributed by atoms with E-state index in [4.69, 9.17) is 0 Å². The van der Waals surface area contributed by atoms with Crippen LogP contribution in [0.1, 0.15) is 57.8 Å². The minimum Gasteiger partial charge on any atom is -0.311 e. The molecular formula is C14H27ClN2O2S. The summed E-state index contributed by atoms with van der Waals surface area (Å²) < 4.78 is 27.5. The van der Waals surface area contributed by atoms with Crippen molar-refractivity contribution < 1.29 is 8.42 Å². The number of hydrogen-bond donors (Lipinski definition) is 2. The zero-order valence-corrected chi connectivity index (χ0v) is 13.6. The zero-order chi connectivity index (χ0) is 13.3. The molecule has 2 heterocycles. The summed E-state index contributed by atoms with van der Waals surface area (Å²) in [6.07, 6.45) is 10.3. The van der Waals surface area contributed by atoms with Crippen molar-refractivity contribution in [2.24, 2.45) is 5.92 Å². The lowest BCUT2D eigenvalue weighted by Gasteiger charge is -2.30. The van der Waals surface area contributed by atoms with E-state index in [1.54, 1.807) is 0 Å². The van der Waals surface area contributed by atoms with Crippen molar-refractivity contribution in [2.75, 3.05) is 5.75 Å². The highest BCUT2D eigenvalue weighted by atomic mass is 35.5. The van der Waals surface area contributed by atoms with Gasteiger partial charge in [-0.1, -0.05) is 19.3 Å². The molecule has 2 aliphatic heterocycles. The summed E-state index contributed by atoms with van der Waals surface area (Å²) in [5.41, 5.74) is 0. The Hall–Kier alpha value is 0.160. The maximum absolute atomic E-state index is 12.3. The van der Waals surface area contributed by atoms with Crippen LogP contribution in [0, 0.1) is 5.92 Å². The van der Waals surface area contributed by atoms with E-state index in [0.717, 1.165) is 25.7 Å².